The Morgan fingerprint density at radius 1 is 1.44 bits per heavy atom. The summed E-state index contributed by atoms with van der Waals surface area (Å²) < 4.78 is 5.45. The molecular formula is C12H11NO3. The number of Topliss-reactive ketones (excluding diaryl/α,β-unsaturated/α-hetero) is 1. The Hall–Kier alpha value is -1.84. The number of ether oxygens (including phenoxy) is 1. The fourth-order valence-electron chi connectivity index (χ4n) is 2.28. The number of rotatable bonds is 1. The van der Waals surface area contributed by atoms with Crippen molar-refractivity contribution in [2.24, 2.45) is 0 Å². The van der Waals surface area contributed by atoms with Crippen LogP contribution in [0.1, 0.15) is 19.8 Å². The minimum atomic E-state index is -0.117. The van der Waals surface area contributed by atoms with Crippen molar-refractivity contribution in [3.63, 3.8) is 0 Å². The number of carbonyl (C=O) groups excluding carboxylic acids is 2. The molecule has 0 aromatic rings. The van der Waals surface area contributed by atoms with Crippen LogP contribution in [-0.4, -0.2) is 18.3 Å². The van der Waals surface area contributed by atoms with Gasteiger partial charge in [-0.3, -0.25) is 9.59 Å². The van der Waals surface area contributed by atoms with Crippen molar-refractivity contribution in [3.8, 4) is 0 Å². The number of nitrogens with one attached hydrogen (secondary N) is 1. The lowest BCUT2D eigenvalue weighted by atomic mass is 9.91. The van der Waals surface area contributed by atoms with Crippen LogP contribution in [0, 0.1) is 0 Å². The predicted octanol–water partition coefficient (Wildman–Crippen LogP) is 0.964. The molecule has 3 aliphatic rings. The van der Waals surface area contributed by atoms with Crippen molar-refractivity contribution in [1.82, 2.24) is 5.32 Å². The van der Waals surface area contributed by atoms with Crippen LogP contribution < -0.4 is 5.32 Å². The van der Waals surface area contributed by atoms with Crippen LogP contribution in [0.15, 0.2) is 34.3 Å². The fourth-order valence-corrected chi connectivity index (χ4v) is 2.28. The molecule has 82 valence electrons. The largest absolute Gasteiger partial charge is 0.488 e. The first kappa shape index (κ1) is 9.39. The van der Waals surface area contributed by atoms with Gasteiger partial charge in [0.2, 0.25) is 5.91 Å². The van der Waals surface area contributed by atoms with E-state index in [1.165, 1.54) is 0 Å². The molecule has 2 aliphatic heterocycles. The third-order valence-corrected chi connectivity index (χ3v) is 3.14. The molecule has 0 aromatic carbocycles. The van der Waals surface area contributed by atoms with Crippen LogP contribution in [0.5, 0.6) is 0 Å². The van der Waals surface area contributed by atoms with Gasteiger partial charge in [-0.15, -0.1) is 0 Å². The van der Waals surface area contributed by atoms with Gasteiger partial charge in [-0.25, -0.2) is 0 Å². The van der Waals surface area contributed by atoms with Crippen LogP contribution in [0.3, 0.4) is 0 Å². The van der Waals surface area contributed by atoms with E-state index >= 15 is 0 Å². The average Bonchev–Trinajstić information content (AvgIpc) is 2.81. The Morgan fingerprint density at radius 2 is 2.25 bits per heavy atom. The molecule has 0 bridgehead atoms. The van der Waals surface area contributed by atoms with Crippen LogP contribution >= 0.6 is 0 Å². The summed E-state index contributed by atoms with van der Waals surface area (Å²) in [5.74, 6) is 0.455. The highest BCUT2D eigenvalue weighted by Crippen LogP contribution is 2.36. The summed E-state index contributed by atoms with van der Waals surface area (Å²) in [5.41, 5.74) is 2.91. The van der Waals surface area contributed by atoms with E-state index in [1.807, 2.05) is 6.92 Å². The van der Waals surface area contributed by atoms with Gasteiger partial charge in [-0.1, -0.05) is 6.92 Å². The van der Waals surface area contributed by atoms with E-state index < -0.39 is 0 Å². The molecule has 1 N–H and O–H groups in total. The Morgan fingerprint density at radius 3 is 3.00 bits per heavy atom. The van der Waals surface area contributed by atoms with E-state index in [-0.39, 0.29) is 18.1 Å². The maximum atomic E-state index is 12.2. The summed E-state index contributed by atoms with van der Waals surface area (Å²) in [6.45, 7) is 2.50. The first-order chi connectivity index (χ1) is 7.70. The molecule has 3 rings (SSSR count). The molecule has 0 radical (unpaired) electrons. The molecule has 4 nitrogen and oxygen atoms in total. The molecule has 0 unspecified atom stereocenters. The summed E-state index contributed by atoms with van der Waals surface area (Å²) in [4.78, 5) is 23.4. The maximum Gasteiger partial charge on any atom is 0.229 e. The average molecular weight is 217 g/mol. The van der Waals surface area contributed by atoms with Crippen LogP contribution in [0.4, 0.5) is 0 Å². The Balaban J connectivity index is 2.11. The van der Waals surface area contributed by atoms with Gasteiger partial charge in [0.1, 0.15) is 12.4 Å². The lowest BCUT2D eigenvalue weighted by Gasteiger charge is -2.12. The lowest BCUT2D eigenvalue weighted by Crippen LogP contribution is -2.16. The fraction of sp³-hybridized carbons (Fsp3) is 0.333. The molecule has 0 atom stereocenters. The zero-order chi connectivity index (χ0) is 11.3. The van der Waals surface area contributed by atoms with Crippen molar-refractivity contribution >= 4 is 11.7 Å². The minimum absolute atomic E-state index is 0.0415. The Bertz CT molecular complexity index is 508. The van der Waals surface area contributed by atoms with Gasteiger partial charge in [0, 0.05) is 11.6 Å². The molecule has 1 amide bonds. The van der Waals surface area contributed by atoms with Crippen LogP contribution in [-0.2, 0) is 14.3 Å². The topological polar surface area (TPSA) is 55.4 Å². The second-order valence-corrected chi connectivity index (χ2v) is 4.08. The van der Waals surface area contributed by atoms with Crippen molar-refractivity contribution in [2.45, 2.75) is 19.8 Å². The summed E-state index contributed by atoms with van der Waals surface area (Å²) in [7, 11) is 0. The SMILES string of the molecule is CCC1=C2C(=O)C3=C(C=C2OC1)NC(=O)C3. The summed E-state index contributed by atoms with van der Waals surface area (Å²) >= 11 is 0. The Labute approximate surface area is 92.7 Å². The van der Waals surface area contributed by atoms with E-state index in [2.05, 4.69) is 5.32 Å². The summed E-state index contributed by atoms with van der Waals surface area (Å²) in [5, 5.41) is 2.67. The van der Waals surface area contributed by atoms with Crippen molar-refractivity contribution in [3.05, 3.63) is 34.3 Å². The Kier molecular flexibility index (Phi) is 1.80. The quantitative estimate of drug-likeness (QED) is 0.711. The molecule has 2 heterocycles. The zero-order valence-electron chi connectivity index (χ0n) is 8.92. The lowest BCUT2D eigenvalue weighted by molar-refractivity contribution is -0.120. The monoisotopic (exact) mass is 217 g/mol. The van der Waals surface area contributed by atoms with Gasteiger partial charge < -0.3 is 10.1 Å². The standard InChI is InChI=1S/C12H11NO3/c1-2-6-5-16-9-4-8-7(3-10(14)13-8)12(15)11(6)9/h4H,2-3,5H2,1H3,(H,13,14). The van der Waals surface area contributed by atoms with E-state index in [0.29, 0.717) is 29.2 Å². The molecule has 0 spiro atoms. The van der Waals surface area contributed by atoms with Crippen molar-refractivity contribution < 1.29 is 14.3 Å². The summed E-state index contributed by atoms with van der Waals surface area (Å²) in [6, 6.07) is 0. The van der Waals surface area contributed by atoms with Gasteiger partial charge in [0.05, 0.1) is 17.7 Å². The van der Waals surface area contributed by atoms with Gasteiger partial charge in [-0.2, -0.15) is 0 Å². The van der Waals surface area contributed by atoms with Crippen LogP contribution in [0.2, 0.25) is 0 Å². The van der Waals surface area contributed by atoms with Crippen molar-refractivity contribution in [2.75, 3.05) is 6.61 Å². The minimum Gasteiger partial charge on any atom is -0.488 e. The number of hydrogen-bond donors (Lipinski definition) is 1. The molecule has 0 saturated heterocycles. The van der Waals surface area contributed by atoms with Crippen LogP contribution in [0.25, 0.3) is 0 Å². The zero-order valence-corrected chi connectivity index (χ0v) is 8.92. The molecule has 4 heteroatoms. The van der Waals surface area contributed by atoms with Crippen molar-refractivity contribution in [1.29, 1.82) is 0 Å². The molecule has 16 heavy (non-hydrogen) atoms. The second kappa shape index (κ2) is 3.07. The number of amides is 1. The first-order valence-corrected chi connectivity index (χ1v) is 5.35. The first-order valence-electron chi connectivity index (χ1n) is 5.35. The van der Waals surface area contributed by atoms with Gasteiger partial charge in [-0.05, 0) is 12.0 Å². The third-order valence-electron chi connectivity index (χ3n) is 3.14. The number of carbonyl (C=O) groups is 2. The molecule has 1 aliphatic carbocycles. The van der Waals surface area contributed by atoms with E-state index in [9.17, 15) is 9.59 Å². The van der Waals surface area contributed by atoms with E-state index in [0.717, 1.165) is 12.0 Å². The highest BCUT2D eigenvalue weighted by Gasteiger charge is 2.37. The van der Waals surface area contributed by atoms with Gasteiger partial charge >= 0.3 is 0 Å². The number of allylic oxidation sites excluding steroid dienone is 2. The molecule has 0 aromatic heterocycles. The number of hydrogen-bond acceptors (Lipinski definition) is 3. The molecular weight excluding hydrogens is 206 g/mol. The molecule has 0 saturated carbocycles. The number of fused-ring (bicyclic) bond motifs is 1. The summed E-state index contributed by atoms with van der Waals surface area (Å²) in [6.07, 6.45) is 2.76. The smallest absolute Gasteiger partial charge is 0.229 e. The molecule has 0 fully saturated rings. The van der Waals surface area contributed by atoms with Gasteiger partial charge in [0.15, 0.2) is 5.78 Å². The maximum absolute atomic E-state index is 12.2. The second-order valence-electron chi connectivity index (χ2n) is 4.08. The van der Waals surface area contributed by atoms with Gasteiger partial charge in [0.25, 0.3) is 0 Å². The van der Waals surface area contributed by atoms with E-state index in [1.54, 1.807) is 6.08 Å². The highest BCUT2D eigenvalue weighted by atomic mass is 16.5. The number of ketones is 1. The third kappa shape index (κ3) is 1.10. The predicted molar refractivity (Wildman–Crippen MR) is 56.1 cm³/mol. The highest BCUT2D eigenvalue weighted by molar-refractivity contribution is 6.17. The normalized spacial score (nSPS) is 22.9. The van der Waals surface area contributed by atoms with E-state index in [4.69, 9.17) is 4.74 Å².